The molecular formula is C10H25N3. The van der Waals surface area contributed by atoms with E-state index >= 15 is 0 Å². The number of anilines is 2. The molecule has 1 aromatic carbocycles. The van der Waals surface area contributed by atoms with Gasteiger partial charge in [-0.3, -0.25) is 0 Å². The third-order valence-electron chi connectivity index (χ3n) is 0.996. The molecule has 0 radical (unpaired) electrons. The number of hydrogen-bond donors (Lipinski definition) is 3. The molecule has 0 aliphatic rings. The van der Waals surface area contributed by atoms with Crippen LogP contribution in [0.1, 0.15) is 29.1 Å². The Hall–Kier alpha value is -1.22. The normalized spacial score (nSPS) is 6.46. The van der Waals surface area contributed by atoms with Gasteiger partial charge in [-0.15, -0.1) is 0 Å². The molecule has 0 amide bonds. The molecule has 0 aliphatic carbocycles. The van der Waals surface area contributed by atoms with Crippen molar-refractivity contribution in [2.24, 2.45) is 0 Å². The Labute approximate surface area is 83.2 Å². The lowest BCUT2D eigenvalue weighted by atomic mass is 10.3. The highest BCUT2D eigenvalue weighted by atomic mass is 14.7. The fraction of sp³-hybridized carbons (Fsp3) is 0.400. The molecule has 0 fully saturated rings. The maximum Gasteiger partial charge on any atom is 0.0547 e. The summed E-state index contributed by atoms with van der Waals surface area (Å²) in [5, 5.41) is 0. The van der Waals surface area contributed by atoms with Crippen LogP contribution in [0, 0.1) is 0 Å². The Morgan fingerprint density at radius 1 is 0.846 bits per heavy atom. The third-order valence-corrected chi connectivity index (χ3v) is 0.996. The van der Waals surface area contributed by atoms with Gasteiger partial charge < -0.3 is 17.6 Å². The predicted molar refractivity (Wildman–Crippen MR) is 65.1 cm³/mol. The van der Waals surface area contributed by atoms with Crippen molar-refractivity contribution < 1.29 is 1.43 Å². The van der Waals surface area contributed by atoms with Gasteiger partial charge >= 0.3 is 0 Å². The first-order chi connectivity index (χ1) is 5.80. The van der Waals surface area contributed by atoms with E-state index in [9.17, 15) is 0 Å². The maximum absolute atomic E-state index is 5.39. The second kappa shape index (κ2) is 13.4. The zero-order valence-electron chi connectivity index (χ0n) is 9.17. The molecule has 0 bridgehead atoms. The summed E-state index contributed by atoms with van der Waals surface area (Å²) in [5.74, 6) is 0. The van der Waals surface area contributed by atoms with Gasteiger partial charge in [-0.25, -0.2) is 0 Å². The van der Waals surface area contributed by atoms with Gasteiger partial charge in [-0.2, -0.15) is 0 Å². The molecule has 0 atom stereocenters. The second-order valence-electron chi connectivity index (χ2n) is 1.63. The van der Waals surface area contributed by atoms with E-state index in [0.29, 0.717) is 11.4 Å². The number of benzene rings is 1. The number of nitrogens with two attached hydrogens (primary N) is 2. The Balaban J connectivity index is -0.0000000750. The number of nitrogen functional groups attached to an aromatic ring is 2. The van der Waals surface area contributed by atoms with Gasteiger partial charge in [0.15, 0.2) is 0 Å². The van der Waals surface area contributed by atoms with Gasteiger partial charge in [0.25, 0.3) is 0 Å². The summed E-state index contributed by atoms with van der Waals surface area (Å²) < 4.78 is 0. The van der Waals surface area contributed by atoms with Gasteiger partial charge in [0.2, 0.25) is 0 Å². The quantitative estimate of drug-likeness (QED) is 0.544. The van der Waals surface area contributed by atoms with E-state index in [1.807, 2.05) is 39.8 Å². The molecule has 0 saturated carbocycles. The molecule has 0 spiro atoms. The smallest absolute Gasteiger partial charge is 0.0547 e. The summed E-state index contributed by atoms with van der Waals surface area (Å²) in [5.41, 5.74) is 12.1. The van der Waals surface area contributed by atoms with E-state index in [1.54, 1.807) is 12.1 Å². The largest absolute Gasteiger partial charge is 0.397 e. The monoisotopic (exact) mass is 187 g/mol. The Kier molecular flexibility index (Phi) is 18.3. The van der Waals surface area contributed by atoms with Gasteiger partial charge in [0.1, 0.15) is 0 Å². The van der Waals surface area contributed by atoms with Crippen LogP contribution in [-0.4, -0.2) is 0 Å². The van der Waals surface area contributed by atoms with Crippen LogP contribution in [0.3, 0.4) is 0 Å². The minimum atomic E-state index is 0. The maximum atomic E-state index is 5.39. The molecule has 3 heteroatoms. The summed E-state index contributed by atoms with van der Waals surface area (Å²) in [6.07, 6.45) is 0. The molecule has 80 valence electrons. The summed E-state index contributed by atoms with van der Waals surface area (Å²) in [6.45, 7) is 8.00. The van der Waals surface area contributed by atoms with Crippen LogP contribution in [0.4, 0.5) is 11.4 Å². The van der Waals surface area contributed by atoms with Crippen molar-refractivity contribution in [3.63, 3.8) is 0 Å². The molecule has 13 heavy (non-hydrogen) atoms. The van der Waals surface area contributed by atoms with Crippen LogP contribution in [0.5, 0.6) is 0 Å². The molecule has 3 nitrogen and oxygen atoms in total. The van der Waals surface area contributed by atoms with Gasteiger partial charge in [-0.05, 0) is 12.1 Å². The van der Waals surface area contributed by atoms with Crippen molar-refractivity contribution in [3.05, 3.63) is 24.3 Å². The molecule has 0 saturated heterocycles. The van der Waals surface area contributed by atoms with Crippen molar-refractivity contribution in [1.29, 1.82) is 0 Å². The highest BCUT2D eigenvalue weighted by Gasteiger charge is 1.85. The molecule has 1 aromatic rings. The lowest BCUT2D eigenvalue weighted by Gasteiger charge is -1.94. The van der Waals surface area contributed by atoms with E-state index in [0.717, 1.165) is 0 Å². The predicted octanol–water partition coefficient (Wildman–Crippen LogP) is 3.31. The average Bonchev–Trinajstić information content (AvgIpc) is 2.17. The highest BCUT2D eigenvalue weighted by molar-refractivity contribution is 5.62. The van der Waals surface area contributed by atoms with Crippen molar-refractivity contribution in [1.82, 2.24) is 6.15 Å². The van der Waals surface area contributed by atoms with Crippen LogP contribution < -0.4 is 17.6 Å². The lowest BCUT2D eigenvalue weighted by molar-refractivity contribution is 1.50. The first-order valence-corrected chi connectivity index (χ1v) is 4.40. The van der Waals surface area contributed by atoms with Gasteiger partial charge in [-0.1, -0.05) is 39.8 Å². The summed E-state index contributed by atoms with van der Waals surface area (Å²) in [7, 11) is 0. The Bertz CT molecular complexity index is 171. The zero-order chi connectivity index (χ0) is 9.98. The number of para-hydroxylation sites is 2. The minimum absolute atomic E-state index is 0. The van der Waals surface area contributed by atoms with Crippen molar-refractivity contribution >= 4 is 11.4 Å². The Morgan fingerprint density at radius 2 is 1.08 bits per heavy atom. The molecule has 0 aromatic heterocycles. The minimum Gasteiger partial charge on any atom is -0.397 e. The van der Waals surface area contributed by atoms with Gasteiger partial charge in [0.05, 0.1) is 11.4 Å². The summed E-state index contributed by atoms with van der Waals surface area (Å²) in [6, 6.07) is 7.25. The van der Waals surface area contributed by atoms with E-state index in [4.69, 9.17) is 11.5 Å². The van der Waals surface area contributed by atoms with Crippen LogP contribution in [-0.2, 0) is 0 Å². The fourth-order valence-electron chi connectivity index (χ4n) is 0.511. The van der Waals surface area contributed by atoms with Crippen molar-refractivity contribution in [2.75, 3.05) is 11.5 Å². The average molecular weight is 187 g/mol. The zero-order valence-corrected chi connectivity index (χ0v) is 9.17. The molecule has 7 N–H and O–H groups in total. The molecule has 0 unspecified atom stereocenters. The number of hydrogen-bond acceptors (Lipinski definition) is 3. The fourth-order valence-corrected chi connectivity index (χ4v) is 0.511. The standard InChI is InChI=1S/C6H8N2.2C2H6.H3N.H2/c7-5-3-1-2-4-6(5)8;2*1-2;;/h1-4H,7-8H2;2*1-2H3;1H3;1H. The van der Waals surface area contributed by atoms with Crippen LogP contribution in [0.25, 0.3) is 0 Å². The van der Waals surface area contributed by atoms with Crippen LogP contribution in [0.2, 0.25) is 0 Å². The van der Waals surface area contributed by atoms with Gasteiger partial charge in [0, 0.05) is 1.43 Å². The SMILES string of the molecule is CC.CC.N.Nc1ccccc1N.[HH]. The lowest BCUT2D eigenvalue weighted by Crippen LogP contribution is -1.91. The molecule has 0 heterocycles. The van der Waals surface area contributed by atoms with Crippen molar-refractivity contribution in [2.45, 2.75) is 27.7 Å². The first-order valence-electron chi connectivity index (χ1n) is 4.40. The van der Waals surface area contributed by atoms with Crippen LogP contribution in [0.15, 0.2) is 24.3 Å². The summed E-state index contributed by atoms with van der Waals surface area (Å²) >= 11 is 0. The number of rotatable bonds is 0. The second-order valence-corrected chi connectivity index (χ2v) is 1.63. The first kappa shape index (κ1) is 17.8. The van der Waals surface area contributed by atoms with E-state index in [1.165, 1.54) is 0 Å². The molecular weight excluding hydrogens is 162 g/mol. The molecule has 0 aliphatic heterocycles. The highest BCUT2D eigenvalue weighted by Crippen LogP contribution is 2.10. The van der Waals surface area contributed by atoms with E-state index < -0.39 is 0 Å². The van der Waals surface area contributed by atoms with Crippen LogP contribution >= 0.6 is 0 Å². The van der Waals surface area contributed by atoms with E-state index in [2.05, 4.69) is 0 Å². The Morgan fingerprint density at radius 3 is 1.23 bits per heavy atom. The molecule has 1 rings (SSSR count). The topological polar surface area (TPSA) is 87.0 Å². The van der Waals surface area contributed by atoms with Crippen molar-refractivity contribution in [3.8, 4) is 0 Å². The third kappa shape index (κ3) is 8.69. The summed E-state index contributed by atoms with van der Waals surface area (Å²) in [4.78, 5) is 0. The van der Waals surface area contributed by atoms with E-state index in [-0.39, 0.29) is 7.58 Å².